The van der Waals surface area contributed by atoms with E-state index < -0.39 is 12.0 Å². The van der Waals surface area contributed by atoms with Crippen molar-refractivity contribution in [2.75, 3.05) is 18.0 Å². The molecule has 1 aliphatic heterocycles. The number of nitrogens with zero attached hydrogens (tertiary/aromatic N) is 2. The largest absolute Gasteiger partial charge is 0.480 e. The molecule has 18 heavy (non-hydrogen) atoms. The molecule has 0 aromatic carbocycles. The summed E-state index contributed by atoms with van der Waals surface area (Å²) in [6.45, 7) is 2.02. The van der Waals surface area contributed by atoms with E-state index in [1.54, 1.807) is 5.38 Å². The molecule has 0 bridgehead atoms. The highest BCUT2D eigenvalue weighted by Crippen LogP contribution is 2.25. The van der Waals surface area contributed by atoms with Crippen LogP contribution in [0.4, 0.5) is 5.13 Å². The summed E-state index contributed by atoms with van der Waals surface area (Å²) in [5.41, 5.74) is 6.03. The quantitative estimate of drug-likeness (QED) is 0.877. The van der Waals surface area contributed by atoms with Crippen LogP contribution in [0, 0.1) is 0 Å². The molecule has 1 saturated heterocycles. The van der Waals surface area contributed by atoms with Gasteiger partial charge in [0, 0.05) is 18.5 Å². The zero-order valence-corrected chi connectivity index (χ0v) is 11.2. The fourth-order valence-corrected chi connectivity index (χ4v) is 3.04. The molecule has 0 spiro atoms. The number of nitrogens with two attached hydrogens (primary N) is 1. The number of carboxylic acids is 1. The fraction of sp³-hybridized carbons (Fsp3) is 0.667. The van der Waals surface area contributed by atoms with E-state index in [-0.39, 0.29) is 0 Å². The normalized spacial score (nSPS) is 19.1. The molecule has 100 valence electrons. The number of anilines is 1. The summed E-state index contributed by atoms with van der Waals surface area (Å²) < 4.78 is 0. The summed E-state index contributed by atoms with van der Waals surface area (Å²) in [6, 6.07) is -1.01. The van der Waals surface area contributed by atoms with Crippen LogP contribution in [0.1, 0.15) is 43.8 Å². The van der Waals surface area contributed by atoms with Gasteiger partial charge in [-0.25, -0.2) is 4.98 Å². The minimum Gasteiger partial charge on any atom is -0.480 e. The van der Waals surface area contributed by atoms with Crippen molar-refractivity contribution in [3.8, 4) is 0 Å². The van der Waals surface area contributed by atoms with Gasteiger partial charge in [0.1, 0.15) is 6.04 Å². The highest BCUT2D eigenvalue weighted by Gasteiger charge is 2.20. The van der Waals surface area contributed by atoms with Crippen LogP contribution in [0.25, 0.3) is 0 Å². The Morgan fingerprint density at radius 3 is 2.56 bits per heavy atom. The molecule has 1 aromatic rings. The van der Waals surface area contributed by atoms with Crippen LogP contribution in [-0.2, 0) is 4.79 Å². The standard InChI is InChI=1S/C12H19N3O2S/c13-10(11(16)17)9-8-18-12(14-9)15-6-4-2-1-3-5-7-15/h8,10H,1-7,13H2,(H,16,17). The smallest absolute Gasteiger partial charge is 0.326 e. The van der Waals surface area contributed by atoms with Crippen LogP contribution in [0.5, 0.6) is 0 Å². The van der Waals surface area contributed by atoms with Gasteiger partial charge in [0.15, 0.2) is 5.13 Å². The van der Waals surface area contributed by atoms with Gasteiger partial charge in [-0.05, 0) is 12.8 Å². The molecule has 0 amide bonds. The molecule has 1 fully saturated rings. The van der Waals surface area contributed by atoms with E-state index in [4.69, 9.17) is 10.8 Å². The van der Waals surface area contributed by atoms with E-state index in [0.717, 1.165) is 18.2 Å². The molecule has 0 aliphatic carbocycles. The van der Waals surface area contributed by atoms with Crippen LogP contribution < -0.4 is 10.6 Å². The van der Waals surface area contributed by atoms with Crippen molar-refractivity contribution in [3.63, 3.8) is 0 Å². The lowest BCUT2D eigenvalue weighted by molar-refractivity contribution is -0.138. The molecular formula is C12H19N3O2S. The average molecular weight is 269 g/mol. The molecule has 0 saturated carbocycles. The van der Waals surface area contributed by atoms with Gasteiger partial charge in [0.05, 0.1) is 5.69 Å². The summed E-state index contributed by atoms with van der Waals surface area (Å²) in [4.78, 5) is 17.4. The molecule has 1 atom stereocenters. The number of thiazole rings is 1. The first-order chi connectivity index (χ1) is 8.68. The Bertz CT molecular complexity index is 400. The van der Waals surface area contributed by atoms with Gasteiger partial charge in [-0.15, -0.1) is 11.3 Å². The molecule has 1 unspecified atom stereocenters. The Balaban J connectivity index is 2.05. The van der Waals surface area contributed by atoms with Crippen LogP contribution >= 0.6 is 11.3 Å². The second-order valence-electron chi connectivity index (χ2n) is 4.63. The summed E-state index contributed by atoms with van der Waals surface area (Å²) in [5.74, 6) is -1.03. The van der Waals surface area contributed by atoms with Crippen LogP contribution in [0.15, 0.2) is 5.38 Å². The Morgan fingerprint density at radius 1 is 1.33 bits per heavy atom. The van der Waals surface area contributed by atoms with E-state index >= 15 is 0 Å². The van der Waals surface area contributed by atoms with E-state index in [1.165, 1.54) is 43.4 Å². The molecule has 5 nitrogen and oxygen atoms in total. The maximum absolute atomic E-state index is 10.8. The summed E-state index contributed by atoms with van der Waals surface area (Å²) in [7, 11) is 0. The van der Waals surface area contributed by atoms with Crippen LogP contribution in [0.2, 0.25) is 0 Å². The molecule has 2 rings (SSSR count). The van der Waals surface area contributed by atoms with E-state index in [1.807, 2.05) is 0 Å². The SMILES string of the molecule is NC(C(=O)O)c1csc(N2CCCCCCC2)n1. The van der Waals surface area contributed by atoms with Gasteiger partial charge in [0.25, 0.3) is 0 Å². The first-order valence-electron chi connectivity index (χ1n) is 6.37. The second kappa shape index (κ2) is 6.15. The lowest BCUT2D eigenvalue weighted by Gasteiger charge is -2.23. The number of hydrogen-bond donors (Lipinski definition) is 2. The van der Waals surface area contributed by atoms with Gasteiger partial charge < -0.3 is 15.7 Å². The second-order valence-corrected chi connectivity index (χ2v) is 5.46. The Hall–Kier alpha value is -1.14. The minimum atomic E-state index is -1.03. The first kappa shape index (κ1) is 13.3. The van der Waals surface area contributed by atoms with Crippen molar-refractivity contribution in [1.82, 2.24) is 4.98 Å². The number of carboxylic acid groups (broad SMARTS) is 1. The Kier molecular flexibility index (Phi) is 4.54. The molecule has 3 N–H and O–H groups in total. The summed E-state index contributed by atoms with van der Waals surface area (Å²) in [5, 5.41) is 11.5. The first-order valence-corrected chi connectivity index (χ1v) is 7.25. The van der Waals surface area contributed by atoms with Crippen molar-refractivity contribution in [1.29, 1.82) is 0 Å². The van der Waals surface area contributed by atoms with Gasteiger partial charge >= 0.3 is 5.97 Å². The van der Waals surface area contributed by atoms with Crippen molar-refractivity contribution in [3.05, 3.63) is 11.1 Å². The van der Waals surface area contributed by atoms with Crippen molar-refractivity contribution < 1.29 is 9.90 Å². The average Bonchev–Trinajstić information content (AvgIpc) is 2.76. The molecule has 0 radical (unpaired) electrons. The van der Waals surface area contributed by atoms with Crippen molar-refractivity contribution >= 4 is 22.4 Å². The number of hydrogen-bond acceptors (Lipinski definition) is 5. The monoisotopic (exact) mass is 269 g/mol. The van der Waals surface area contributed by atoms with Crippen LogP contribution in [-0.4, -0.2) is 29.1 Å². The number of rotatable bonds is 3. The Morgan fingerprint density at radius 2 is 1.94 bits per heavy atom. The topological polar surface area (TPSA) is 79.5 Å². The number of carbonyl (C=O) groups is 1. The van der Waals surface area contributed by atoms with E-state index in [0.29, 0.717) is 5.69 Å². The van der Waals surface area contributed by atoms with E-state index in [9.17, 15) is 4.79 Å². The van der Waals surface area contributed by atoms with Crippen LogP contribution in [0.3, 0.4) is 0 Å². The minimum absolute atomic E-state index is 0.463. The number of aliphatic carboxylic acids is 1. The molecule has 6 heteroatoms. The predicted molar refractivity (Wildman–Crippen MR) is 72.0 cm³/mol. The third-order valence-corrected chi connectivity index (χ3v) is 4.14. The fourth-order valence-electron chi connectivity index (χ4n) is 2.13. The lowest BCUT2D eigenvalue weighted by Crippen LogP contribution is -2.27. The maximum Gasteiger partial charge on any atom is 0.326 e. The van der Waals surface area contributed by atoms with E-state index in [2.05, 4.69) is 9.88 Å². The molecule has 1 aromatic heterocycles. The third-order valence-electron chi connectivity index (χ3n) is 3.22. The summed E-state index contributed by atoms with van der Waals surface area (Å²) >= 11 is 1.49. The molecule has 1 aliphatic rings. The van der Waals surface area contributed by atoms with Gasteiger partial charge in [-0.2, -0.15) is 0 Å². The lowest BCUT2D eigenvalue weighted by atomic mass is 10.1. The maximum atomic E-state index is 10.8. The highest BCUT2D eigenvalue weighted by atomic mass is 32.1. The van der Waals surface area contributed by atoms with Gasteiger partial charge in [0.2, 0.25) is 0 Å². The van der Waals surface area contributed by atoms with Gasteiger partial charge in [-0.1, -0.05) is 19.3 Å². The Labute approximate surface area is 111 Å². The van der Waals surface area contributed by atoms with Crippen molar-refractivity contribution in [2.45, 2.75) is 38.1 Å². The molecule has 2 heterocycles. The number of aromatic nitrogens is 1. The zero-order valence-electron chi connectivity index (χ0n) is 10.3. The predicted octanol–water partition coefficient (Wildman–Crippen LogP) is 2.00. The zero-order chi connectivity index (χ0) is 13.0. The third kappa shape index (κ3) is 3.20. The molecular weight excluding hydrogens is 250 g/mol. The van der Waals surface area contributed by atoms with Gasteiger partial charge in [-0.3, -0.25) is 4.79 Å². The highest BCUT2D eigenvalue weighted by molar-refractivity contribution is 7.13. The summed E-state index contributed by atoms with van der Waals surface area (Å²) in [6.07, 6.45) is 6.22. The van der Waals surface area contributed by atoms with Crippen molar-refractivity contribution in [2.24, 2.45) is 5.73 Å².